The van der Waals surface area contributed by atoms with Gasteiger partial charge in [0.1, 0.15) is 0 Å². The molecule has 0 aliphatic rings. The summed E-state index contributed by atoms with van der Waals surface area (Å²) in [5.41, 5.74) is 37.2. The number of hydrogen-bond donors (Lipinski definition) is 0. The molecule has 0 unspecified atom stereocenters. The van der Waals surface area contributed by atoms with Gasteiger partial charge in [-0.25, -0.2) is 0 Å². The highest BCUT2D eigenvalue weighted by atomic mass is 15.0. The highest BCUT2D eigenvalue weighted by molar-refractivity contribution is 6.23. The molecule has 0 amide bonds. The molecule has 2 heterocycles. The highest BCUT2D eigenvalue weighted by Gasteiger charge is 2.23. The van der Waals surface area contributed by atoms with Crippen molar-refractivity contribution >= 4 is 86.7 Å². The van der Waals surface area contributed by atoms with E-state index in [4.69, 9.17) is 0 Å². The van der Waals surface area contributed by atoms with E-state index in [1.807, 2.05) is 0 Å². The second kappa shape index (κ2) is 32.4. The third-order valence-electron chi connectivity index (χ3n) is 26.4. The van der Waals surface area contributed by atoms with Gasteiger partial charge in [-0.05, 0) is 248 Å². The number of para-hydroxylation sites is 4. The summed E-state index contributed by atoms with van der Waals surface area (Å²) >= 11 is 0. The fourth-order valence-electron chi connectivity index (χ4n) is 19.7. The molecule has 21 aromatic carbocycles. The lowest BCUT2D eigenvalue weighted by molar-refractivity contribution is 0.590. The van der Waals surface area contributed by atoms with E-state index in [1.54, 1.807) is 0 Å². The number of aromatic nitrogens is 2. The molecular weight excluding hydrogens is 1540 g/mol. The fraction of sp³-hybridized carbons (Fsp3) is 0.0635. The number of rotatable bonds is 13. The molecule has 0 saturated heterocycles. The predicted molar refractivity (Wildman–Crippen MR) is 549 cm³/mol. The van der Waals surface area contributed by atoms with Crippen molar-refractivity contribution in [2.24, 2.45) is 0 Å². The van der Waals surface area contributed by atoms with Crippen LogP contribution in [0.5, 0.6) is 0 Å². The molecule has 128 heavy (non-hydrogen) atoms. The Morgan fingerprint density at radius 3 is 0.516 bits per heavy atom. The number of benzene rings is 21. The number of hydrogen-bond acceptors (Lipinski definition) is 0. The molecule has 0 saturated carbocycles. The SMILES string of the molecule is CC(C)(C)c1ccc(-c2ccc(-c3c4ccccc4c(-c4ccc(-c5ccc(-c6ccc7c(c6)c6ccccc6n7-c6ccccc6)cc5)cc4)c4ccccc34)cc2)cc1.CC(C)(C)c1ccc(-c2ccc(-c3ccc(-c4c5ccccc5c(-c5ccc(-c6ccc(-c7ccc8c(c7)c7ccccc7n8-c7ccccc7)cc6)cc5)c5ccccc45)cc3)cc2)cc1. The van der Waals surface area contributed by atoms with Gasteiger partial charge in [-0.3, -0.25) is 0 Å². The van der Waals surface area contributed by atoms with Gasteiger partial charge in [0.2, 0.25) is 0 Å². The van der Waals surface area contributed by atoms with Crippen molar-refractivity contribution in [1.29, 1.82) is 0 Å². The zero-order chi connectivity index (χ0) is 86.1. The van der Waals surface area contributed by atoms with Gasteiger partial charge in [-0.2, -0.15) is 0 Å². The van der Waals surface area contributed by atoms with Crippen LogP contribution in [0.1, 0.15) is 52.7 Å². The van der Waals surface area contributed by atoms with Gasteiger partial charge in [-0.15, -0.1) is 0 Å². The van der Waals surface area contributed by atoms with Crippen LogP contribution in [0.2, 0.25) is 0 Å². The van der Waals surface area contributed by atoms with Crippen LogP contribution in [-0.4, -0.2) is 9.13 Å². The van der Waals surface area contributed by atoms with Crippen molar-refractivity contribution in [3.63, 3.8) is 0 Å². The van der Waals surface area contributed by atoms with Crippen LogP contribution in [0.25, 0.3) is 220 Å². The zero-order valence-electron chi connectivity index (χ0n) is 72.8. The average molecular weight is 1640 g/mol. The molecule has 0 atom stereocenters. The van der Waals surface area contributed by atoms with Gasteiger partial charge in [-0.1, -0.05) is 442 Å². The molecule has 0 bridgehead atoms. The standard InChI is InChI=1S/C66H49N.C60H45N/c1-66(2,3)54-40-37-49(38-41-54)46-23-21-44(22-24-46)47-29-33-51(34-30-47)64-57-16-7-9-18-59(57)65(60-19-10-8-17-58(60)64)52-35-31-48(32-36-52)45-25-27-50(28-26-45)53-39-42-63-61(43-53)56-15-11-12-20-62(56)67(63)55-13-5-4-6-14-55;1-60(2,3)48-36-33-43(34-37-48)42-27-31-46(32-28-42)59-53-18-9-7-16-51(53)58(52-17-8-10-19-54(52)59)45-29-25-41(26-30-45)40-21-23-44(24-22-40)47-35-38-57-55(39-47)50-15-11-12-20-56(50)61(57)49-13-5-4-6-14-49/h4-43H,1-3H3;4-39H,1-3H3. The van der Waals surface area contributed by atoms with E-state index in [0.29, 0.717) is 0 Å². The van der Waals surface area contributed by atoms with Crippen LogP contribution in [0.15, 0.2) is 461 Å². The van der Waals surface area contributed by atoms with Gasteiger partial charge in [0, 0.05) is 32.9 Å². The molecular formula is C126H94N2. The van der Waals surface area contributed by atoms with Crippen LogP contribution in [0.4, 0.5) is 0 Å². The third-order valence-corrected chi connectivity index (χ3v) is 26.4. The topological polar surface area (TPSA) is 9.86 Å². The molecule has 2 aromatic heterocycles. The van der Waals surface area contributed by atoms with Crippen LogP contribution in [-0.2, 0) is 10.8 Å². The van der Waals surface area contributed by atoms with Crippen molar-refractivity contribution < 1.29 is 0 Å². The largest absolute Gasteiger partial charge is 0.309 e. The Morgan fingerprint density at radius 1 is 0.133 bits per heavy atom. The maximum Gasteiger partial charge on any atom is 0.0541 e. The van der Waals surface area contributed by atoms with Gasteiger partial charge >= 0.3 is 0 Å². The monoisotopic (exact) mass is 1630 g/mol. The first-order valence-corrected chi connectivity index (χ1v) is 44.7. The Labute approximate surface area is 748 Å². The van der Waals surface area contributed by atoms with Crippen LogP contribution in [0, 0.1) is 0 Å². The zero-order valence-corrected chi connectivity index (χ0v) is 72.8. The van der Waals surface area contributed by atoms with E-state index >= 15 is 0 Å². The molecule has 0 radical (unpaired) electrons. The van der Waals surface area contributed by atoms with Crippen molar-refractivity contribution in [2.45, 2.75) is 52.4 Å². The lowest BCUT2D eigenvalue weighted by Crippen LogP contribution is -2.10. The van der Waals surface area contributed by atoms with Crippen LogP contribution < -0.4 is 0 Å². The summed E-state index contributed by atoms with van der Waals surface area (Å²) < 4.78 is 4.74. The highest BCUT2D eigenvalue weighted by Crippen LogP contribution is 2.49. The van der Waals surface area contributed by atoms with Gasteiger partial charge in [0.15, 0.2) is 0 Å². The third kappa shape index (κ3) is 14.4. The minimum Gasteiger partial charge on any atom is -0.309 e. The Kier molecular flexibility index (Phi) is 19.8. The van der Waals surface area contributed by atoms with Crippen molar-refractivity contribution in [2.75, 3.05) is 0 Å². The van der Waals surface area contributed by atoms with Crippen molar-refractivity contribution in [3.05, 3.63) is 472 Å². The van der Waals surface area contributed by atoms with Crippen LogP contribution in [0.3, 0.4) is 0 Å². The first-order chi connectivity index (χ1) is 62.7. The summed E-state index contributed by atoms with van der Waals surface area (Å²) in [6.07, 6.45) is 0. The molecule has 0 N–H and O–H groups in total. The summed E-state index contributed by atoms with van der Waals surface area (Å²) in [7, 11) is 0. The average Bonchev–Trinajstić information content (AvgIpc) is 0.895. The maximum atomic E-state index is 2.37. The minimum absolute atomic E-state index is 0.136. The van der Waals surface area contributed by atoms with E-state index < -0.39 is 0 Å². The smallest absolute Gasteiger partial charge is 0.0541 e. The summed E-state index contributed by atoms with van der Waals surface area (Å²) in [4.78, 5) is 0. The lowest BCUT2D eigenvalue weighted by atomic mass is 9.85. The van der Waals surface area contributed by atoms with E-state index in [2.05, 4.69) is 512 Å². The van der Waals surface area contributed by atoms with Gasteiger partial charge in [0.25, 0.3) is 0 Å². The molecule has 2 nitrogen and oxygen atoms in total. The van der Waals surface area contributed by atoms with Gasteiger partial charge in [0.05, 0.1) is 22.1 Å². The molecule has 0 spiro atoms. The van der Waals surface area contributed by atoms with Crippen molar-refractivity contribution in [3.8, 4) is 134 Å². The van der Waals surface area contributed by atoms with E-state index in [-0.39, 0.29) is 10.8 Å². The Hall–Kier alpha value is -15.7. The Balaban J connectivity index is 0.000000151. The minimum atomic E-state index is 0.136. The Bertz CT molecular complexity index is 7990. The first-order valence-electron chi connectivity index (χ1n) is 44.7. The predicted octanol–water partition coefficient (Wildman–Crippen LogP) is 35.1. The fourth-order valence-corrected chi connectivity index (χ4v) is 19.7. The molecule has 23 aromatic rings. The van der Waals surface area contributed by atoms with Gasteiger partial charge < -0.3 is 9.13 Å². The molecule has 0 fully saturated rings. The molecule has 0 aliphatic heterocycles. The molecule has 23 rings (SSSR count). The summed E-state index contributed by atoms with van der Waals surface area (Å²) in [6, 6.07) is 170. The molecule has 608 valence electrons. The first kappa shape index (κ1) is 78.3. The van der Waals surface area contributed by atoms with Crippen molar-refractivity contribution in [1.82, 2.24) is 9.13 Å². The molecule has 0 aliphatic carbocycles. The summed E-state index contributed by atoms with van der Waals surface area (Å²) in [5, 5.41) is 15.1. The second-order valence-corrected chi connectivity index (χ2v) is 36.2. The lowest BCUT2D eigenvalue weighted by Gasteiger charge is -2.19. The second-order valence-electron chi connectivity index (χ2n) is 36.2. The van der Waals surface area contributed by atoms with E-state index in [1.165, 1.54) is 232 Å². The van der Waals surface area contributed by atoms with E-state index in [0.717, 1.165) is 0 Å². The number of fused-ring (bicyclic) bond motifs is 10. The molecule has 2 heteroatoms. The van der Waals surface area contributed by atoms with Crippen LogP contribution >= 0.6 is 0 Å². The Morgan fingerprint density at radius 2 is 0.297 bits per heavy atom. The summed E-state index contributed by atoms with van der Waals surface area (Å²) in [6.45, 7) is 13.6. The van der Waals surface area contributed by atoms with E-state index in [9.17, 15) is 0 Å². The summed E-state index contributed by atoms with van der Waals surface area (Å²) in [5.74, 6) is 0. The normalized spacial score (nSPS) is 11.8. The number of nitrogens with zero attached hydrogens (tertiary/aromatic N) is 2. The maximum absolute atomic E-state index is 2.37. The quantitative estimate of drug-likeness (QED) is 0.102.